The van der Waals surface area contributed by atoms with E-state index in [0.717, 1.165) is 25.7 Å². The zero-order chi connectivity index (χ0) is 24.4. The normalized spacial score (nSPS) is 25.3. The molecule has 0 spiro atoms. The molecule has 1 N–H and O–H groups in total. The number of hydrogen-bond donors (Lipinski definition) is 1. The Hall–Kier alpha value is -2.48. The van der Waals surface area contributed by atoms with E-state index in [1.807, 2.05) is 20.8 Å². The molecule has 0 radical (unpaired) electrons. The molecule has 2 saturated heterocycles. The number of hydrogen-bond acceptors (Lipinski definition) is 6. The van der Waals surface area contributed by atoms with Gasteiger partial charge >= 0.3 is 6.09 Å². The first-order chi connectivity index (χ1) is 16.1. The van der Waals surface area contributed by atoms with Crippen LogP contribution in [0.25, 0.3) is 11.0 Å². The smallest absolute Gasteiger partial charge is 0.408 e. The number of aromatic nitrogens is 2. The van der Waals surface area contributed by atoms with Crippen molar-refractivity contribution in [3.8, 4) is 5.88 Å². The molecule has 2 aromatic rings. The van der Waals surface area contributed by atoms with E-state index in [2.05, 4.69) is 15.3 Å². The highest BCUT2D eigenvalue weighted by Gasteiger charge is 2.50. The van der Waals surface area contributed by atoms with E-state index in [4.69, 9.17) is 14.2 Å². The lowest BCUT2D eigenvalue weighted by Crippen LogP contribution is -2.63. The van der Waals surface area contributed by atoms with Crippen molar-refractivity contribution < 1.29 is 23.4 Å². The van der Waals surface area contributed by atoms with Crippen molar-refractivity contribution in [2.75, 3.05) is 13.7 Å². The number of pyridine rings is 2. The summed E-state index contributed by atoms with van der Waals surface area (Å²) in [6, 6.07) is 3.51. The molecule has 8 heteroatoms. The maximum absolute atomic E-state index is 14.6. The second-order valence-electron chi connectivity index (χ2n) is 10.7. The van der Waals surface area contributed by atoms with Gasteiger partial charge < -0.3 is 19.5 Å². The van der Waals surface area contributed by atoms with E-state index in [0.29, 0.717) is 41.9 Å². The first-order valence-electron chi connectivity index (χ1n) is 12.3. The van der Waals surface area contributed by atoms with Crippen molar-refractivity contribution in [3.05, 3.63) is 29.7 Å². The Labute approximate surface area is 200 Å². The largest absolute Gasteiger partial charge is 0.481 e. The molecule has 0 atom stereocenters. The fourth-order valence-electron chi connectivity index (χ4n) is 4.55. The second kappa shape index (κ2) is 9.64. The summed E-state index contributed by atoms with van der Waals surface area (Å²) in [5.41, 5.74) is 0.484. The number of amides is 1. The Morgan fingerprint density at radius 3 is 2.44 bits per heavy atom. The van der Waals surface area contributed by atoms with Gasteiger partial charge in [-0.1, -0.05) is 19.3 Å². The summed E-state index contributed by atoms with van der Waals surface area (Å²) in [4.78, 5) is 20.8. The predicted molar refractivity (Wildman–Crippen MR) is 127 cm³/mol. The average Bonchev–Trinajstić information content (AvgIpc) is 3.67. The molecule has 1 amide bonds. The van der Waals surface area contributed by atoms with Crippen LogP contribution in [0.15, 0.2) is 18.3 Å². The monoisotopic (exact) mass is 473 g/mol. The van der Waals surface area contributed by atoms with Crippen LogP contribution in [0.1, 0.15) is 77.7 Å². The highest BCUT2D eigenvalue weighted by molar-refractivity contribution is 5.78. The number of carbonyl (C=O) groups excluding carboxylic acids is 1. The van der Waals surface area contributed by atoms with Gasteiger partial charge in [-0.3, -0.25) is 4.98 Å². The number of aryl methyl sites for hydroxylation is 1. The Balaban J connectivity index is 0.000000846. The molecule has 2 saturated carbocycles. The summed E-state index contributed by atoms with van der Waals surface area (Å²) in [6.45, 7) is 5.98. The molecule has 0 unspecified atom stereocenters. The minimum absolute atomic E-state index is 0.307. The fraction of sp³-hybridized carbons (Fsp3) is 0.654. The van der Waals surface area contributed by atoms with E-state index in [1.165, 1.54) is 32.6 Å². The van der Waals surface area contributed by atoms with E-state index >= 15 is 0 Å². The fourth-order valence-corrected chi connectivity index (χ4v) is 4.55. The van der Waals surface area contributed by atoms with Crippen molar-refractivity contribution in [1.82, 2.24) is 15.3 Å². The summed E-state index contributed by atoms with van der Waals surface area (Å²) < 4.78 is 31.5. The molecule has 2 aliphatic heterocycles. The Morgan fingerprint density at radius 1 is 1.18 bits per heavy atom. The third kappa shape index (κ3) is 5.95. The van der Waals surface area contributed by atoms with Gasteiger partial charge in [-0.25, -0.2) is 14.2 Å². The minimum atomic E-state index is -0.539. The maximum atomic E-state index is 14.6. The number of nitrogens with one attached hydrogen (secondary N) is 1. The molecular weight excluding hydrogens is 437 g/mol. The Morgan fingerprint density at radius 2 is 1.88 bits per heavy atom. The summed E-state index contributed by atoms with van der Waals surface area (Å²) in [5, 5.41) is 3.04. The molecule has 7 nitrogen and oxygen atoms in total. The number of rotatable bonds is 5. The highest BCUT2D eigenvalue weighted by atomic mass is 19.1. The number of nitrogens with zero attached hydrogens (tertiary/aromatic N) is 2. The zero-order valence-corrected chi connectivity index (χ0v) is 20.7. The van der Waals surface area contributed by atoms with Gasteiger partial charge in [-0.2, -0.15) is 0 Å². The summed E-state index contributed by atoms with van der Waals surface area (Å²) >= 11 is 0. The van der Waals surface area contributed by atoms with Crippen LogP contribution in [0, 0.1) is 5.82 Å². The van der Waals surface area contributed by atoms with Crippen LogP contribution in [0.2, 0.25) is 0 Å². The first-order valence-corrected chi connectivity index (χ1v) is 12.3. The van der Waals surface area contributed by atoms with Crippen LogP contribution < -0.4 is 10.1 Å². The number of halogens is 1. The lowest BCUT2D eigenvalue weighted by molar-refractivity contribution is -0.163. The van der Waals surface area contributed by atoms with Crippen molar-refractivity contribution in [1.29, 1.82) is 0 Å². The molecule has 2 aromatic heterocycles. The van der Waals surface area contributed by atoms with E-state index < -0.39 is 11.7 Å². The SMILES string of the molecule is C1CC1.COc1ccc2ncc(F)c(CCC34CCC(NC(=O)OC(C)(C)C)(CC3)CO4)c2n1. The molecule has 34 heavy (non-hydrogen) atoms. The number of methoxy groups -OCH3 is 1. The van der Waals surface area contributed by atoms with Crippen LogP contribution in [-0.4, -0.2) is 46.5 Å². The van der Waals surface area contributed by atoms with E-state index in [9.17, 15) is 9.18 Å². The molecule has 2 aliphatic carbocycles. The molecule has 4 heterocycles. The number of ether oxygens (including phenoxy) is 3. The van der Waals surface area contributed by atoms with Crippen molar-refractivity contribution in [3.63, 3.8) is 0 Å². The van der Waals surface area contributed by atoms with Gasteiger partial charge in [0.1, 0.15) is 11.4 Å². The molecule has 6 rings (SSSR count). The van der Waals surface area contributed by atoms with Crippen LogP contribution in [0.4, 0.5) is 9.18 Å². The standard InChI is InChI=1S/C23H30FN3O4.C3H6/c1-21(2,3)31-20(28)27-22-9-11-23(12-10-22,30-14-22)8-7-15-16(24)13-25-17-5-6-18(29-4)26-19(15)17;1-2-3-1/h5-6,13H,7-12,14H2,1-4H3,(H,27,28);1-3H2. The molecule has 0 aromatic carbocycles. The van der Waals surface area contributed by atoms with Gasteiger partial charge in [0, 0.05) is 11.6 Å². The third-order valence-corrected chi connectivity index (χ3v) is 6.67. The van der Waals surface area contributed by atoms with Crippen LogP contribution in [0.5, 0.6) is 5.88 Å². The van der Waals surface area contributed by atoms with Gasteiger partial charge in [-0.15, -0.1) is 0 Å². The first kappa shape index (κ1) is 24.6. The zero-order valence-electron chi connectivity index (χ0n) is 20.7. The van der Waals surface area contributed by atoms with Gasteiger partial charge in [0.25, 0.3) is 0 Å². The highest BCUT2D eigenvalue weighted by Crippen LogP contribution is 2.46. The number of fused-ring (bicyclic) bond motifs is 4. The van der Waals surface area contributed by atoms with E-state index in [-0.39, 0.29) is 17.0 Å². The Bertz CT molecular complexity index is 1010. The van der Waals surface area contributed by atoms with Gasteiger partial charge in [0.15, 0.2) is 0 Å². The van der Waals surface area contributed by atoms with E-state index in [1.54, 1.807) is 12.1 Å². The van der Waals surface area contributed by atoms with Gasteiger partial charge in [-0.05, 0) is 65.4 Å². The molecule has 2 bridgehead atoms. The van der Waals surface area contributed by atoms with Gasteiger partial charge in [0.2, 0.25) is 5.88 Å². The minimum Gasteiger partial charge on any atom is -0.481 e. The lowest BCUT2D eigenvalue weighted by Gasteiger charge is -2.53. The third-order valence-electron chi connectivity index (χ3n) is 6.67. The lowest BCUT2D eigenvalue weighted by atomic mass is 9.69. The van der Waals surface area contributed by atoms with Gasteiger partial charge in [0.05, 0.1) is 42.1 Å². The second-order valence-corrected chi connectivity index (χ2v) is 10.7. The van der Waals surface area contributed by atoms with Crippen molar-refractivity contribution in [2.24, 2.45) is 0 Å². The molecule has 4 fully saturated rings. The van der Waals surface area contributed by atoms with Crippen LogP contribution >= 0.6 is 0 Å². The maximum Gasteiger partial charge on any atom is 0.408 e. The summed E-state index contributed by atoms with van der Waals surface area (Å²) in [7, 11) is 1.54. The number of alkyl carbamates (subject to hydrolysis) is 1. The predicted octanol–water partition coefficient (Wildman–Crippen LogP) is 5.49. The summed E-state index contributed by atoms with van der Waals surface area (Å²) in [5.74, 6) is 0.0705. The van der Waals surface area contributed by atoms with Crippen molar-refractivity contribution in [2.45, 2.75) is 95.3 Å². The summed E-state index contributed by atoms with van der Waals surface area (Å²) in [6.07, 6.45) is 9.78. The number of carbonyl (C=O) groups is 1. The topological polar surface area (TPSA) is 82.6 Å². The van der Waals surface area contributed by atoms with Crippen LogP contribution in [-0.2, 0) is 15.9 Å². The molecule has 186 valence electrons. The molecule has 4 aliphatic rings. The quantitative estimate of drug-likeness (QED) is 0.619. The Kier molecular flexibility index (Phi) is 6.99. The molecular formula is C26H36FN3O4. The van der Waals surface area contributed by atoms with Crippen molar-refractivity contribution >= 4 is 17.1 Å². The van der Waals surface area contributed by atoms with Crippen LogP contribution in [0.3, 0.4) is 0 Å². The average molecular weight is 474 g/mol.